The van der Waals surface area contributed by atoms with E-state index >= 15 is 0 Å². The molecule has 1 aliphatic rings. The normalized spacial score (nSPS) is 26.4. The number of esters is 1. The Kier molecular flexibility index (Phi) is 12.2. The topological polar surface area (TPSA) is 65.6 Å². The molecular formula is C29H52N4O2. The quantitative estimate of drug-likeness (QED) is 0.495. The molecule has 0 amide bonds. The third kappa shape index (κ3) is 8.56. The maximum absolute atomic E-state index is 13.3. The summed E-state index contributed by atoms with van der Waals surface area (Å²) in [6.45, 7) is 19.1. The zero-order valence-corrected chi connectivity index (χ0v) is 23.6. The van der Waals surface area contributed by atoms with Crippen LogP contribution in [0.5, 0.6) is 0 Å². The average molecular weight is 489 g/mol. The molecule has 1 aromatic rings. The van der Waals surface area contributed by atoms with Gasteiger partial charge in [0.25, 0.3) is 0 Å². The summed E-state index contributed by atoms with van der Waals surface area (Å²) in [6, 6.07) is 9.51. The molecule has 6 heteroatoms. The summed E-state index contributed by atoms with van der Waals surface area (Å²) in [6.07, 6.45) is 4.12. The largest absolute Gasteiger partial charge is 0.468 e. The van der Waals surface area contributed by atoms with E-state index in [-0.39, 0.29) is 17.4 Å². The number of nitrogens with zero attached hydrogens (tertiary/aromatic N) is 1. The van der Waals surface area contributed by atoms with Gasteiger partial charge in [0, 0.05) is 50.3 Å². The van der Waals surface area contributed by atoms with Gasteiger partial charge in [-0.25, -0.2) is 4.79 Å². The Bertz CT molecular complexity index is 746. The molecule has 1 aliphatic heterocycles. The number of rotatable bonds is 7. The summed E-state index contributed by atoms with van der Waals surface area (Å²) >= 11 is 0. The Morgan fingerprint density at radius 3 is 1.86 bits per heavy atom. The highest BCUT2D eigenvalue weighted by Crippen LogP contribution is 2.29. The summed E-state index contributed by atoms with van der Waals surface area (Å²) in [4.78, 5) is 15.7. The summed E-state index contributed by atoms with van der Waals surface area (Å²) in [5, 5.41) is 11.4. The summed E-state index contributed by atoms with van der Waals surface area (Å²) < 4.78 is 5.40. The maximum Gasteiger partial charge on any atom is 0.327 e. The van der Waals surface area contributed by atoms with Gasteiger partial charge in [0.05, 0.1) is 7.11 Å². The standard InChI is InChI=1S/C29H52N4O2/c1-9-23-18-31-25(11-3)20-33(26(12-4)19-32-24(10-2)17-30-23)27(28(34)35-8)21-13-15-22(16-14-21)29(5,6)7/h13-16,23-27,30-32H,9-12,17-20H2,1-8H3/t23-,24-,25-,26-,27?/m1/s1. The molecule has 0 radical (unpaired) electrons. The first-order valence-corrected chi connectivity index (χ1v) is 13.8. The second-order valence-electron chi connectivity index (χ2n) is 11.1. The Morgan fingerprint density at radius 1 is 0.886 bits per heavy atom. The van der Waals surface area contributed by atoms with Gasteiger partial charge in [-0.05, 0) is 42.2 Å². The van der Waals surface area contributed by atoms with Crippen LogP contribution >= 0.6 is 0 Å². The molecular weight excluding hydrogens is 436 g/mol. The van der Waals surface area contributed by atoms with E-state index in [9.17, 15) is 4.79 Å². The maximum atomic E-state index is 13.3. The molecule has 35 heavy (non-hydrogen) atoms. The second kappa shape index (κ2) is 14.3. The fourth-order valence-corrected chi connectivity index (χ4v) is 4.94. The molecule has 0 aliphatic carbocycles. The fourth-order valence-electron chi connectivity index (χ4n) is 4.94. The first kappa shape index (κ1) is 29.8. The number of nitrogens with one attached hydrogen (secondary N) is 3. The number of methoxy groups -OCH3 is 1. The van der Waals surface area contributed by atoms with Crippen LogP contribution in [-0.2, 0) is 14.9 Å². The van der Waals surface area contributed by atoms with Crippen LogP contribution in [-0.4, -0.2) is 68.3 Å². The third-order valence-electron chi connectivity index (χ3n) is 7.65. The van der Waals surface area contributed by atoms with Crippen molar-refractivity contribution in [2.24, 2.45) is 0 Å². The number of ether oxygens (including phenoxy) is 1. The molecule has 1 fully saturated rings. The van der Waals surface area contributed by atoms with E-state index in [1.165, 1.54) is 12.7 Å². The van der Waals surface area contributed by atoms with Crippen LogP contribution in [0.25, 0.3) is 0 Å². The lowest BCUT2D eigenvalue weighted by atomic mass is 9.86. The summed E-state index contributed by atoms with van der Waals surface area (Å²) in [5.41, 5.74) is 2.34. The van der Waals surface area contributed by atoms with Gasteiger partial charge in [0.1, 0.15) is 6.04 Å². The number of hydrogen-bond acceptors (Lipinski definition) is 6. The predicted octanol–water partition coefficient (Wildman–Crippen LogP) is 4.40. The first-order valence-electron chi connectivity index (χ1n) is 13.8. The number of carbonyl (C=O) groups excluding carboxylic acids is 1. The second-order valence-corrected chi connectivity index (χ2v) is 11.1. The molecule has 200 valence electrons. The van der Waals surface area contributed by atoms with Gasteiger partial charge in [-0.15, -0.1) is 0 Å². The van der Waals surface area contributed by atoms with E-state index in [1.807, 2.05) is 0 Å². The molecule has 0 spiro atoms. The van der Waals surface area contributed by atoms with Crippen molar-refractivity contribution in [1.82, 2.24) is 20.9 Å². The van der Waals surface area contributed by atoms with Gasteiger partial charge >= 0.3 is 5.97 Å². The summed E-state index contributed by atoms with van der Waals surface area (Å²) in [5.74, 6) is -0.186. The lowest BCUT2D eigenvalue weighted by molar-refractivity contribution is -0.148. The van der Waals surface area contributed by atoms with Crippen LogP contribution in [0.4, 0.5) is 0 Å². The molecule has 0 bridgehead atoms. The van der Waals surface area contributed by atoms with E-state index in [4.69, 9.17) is 4.74 Å². The van der Waals surface area contributed by atoms with Crippen LogP contribution in [0.15, 0.2) is 24.3 Å². The van der Waals surface area contributed by atoms with Crippen molar-refractivity contribution in [2.45, 2.75) is 110 Å². The molecule has 0 saturated carbocycles. The lowest BCUT2D eigenvalue weighted by Crippen LogP contribution is -2.56. The zero-order chi connectivity index (χ0) is 26.0. The van der Waals surface area contributed by atoms with Gasteiger partial charge in [0.15, 0.2) is 0 Å². The molecule has 0 aromatic heterocycles. The van der Waals surface area contributed by atoms with E-state index < -0.39 is 6.04 Å². The first-order chi connectivity index (χ1) is 16.7. The van der Waals surface area contributed by atoms with Crippen molar-refractivity contribution < 1.29 is 9.53 Å². The predicted molar refractivity (Wildman–Crippen MR) is 147 cm³/mol. The Balaban J connectivity index is 2.47. The van der Waals surface area contributed by atoms with E-state index in [0.717, 1.165) is 57.4 Å². The molecule has 2 rings (SSSR count). The molecule has 1 saturated heterocycles. The van der Waals surface area contributed by atoms with E-state index in [2.05, 4.69) is 93.6 Å². The SMILES string of the molecule is CC[C@@H]1CN[C@H](CC)CN(C(C(=O)OC)c2ccc(C(C)(C)C)cc2)[C@H](CC)CN[C@H](CC)CN1. The minimum absolute atomic E-state index is 0.0683. The van der Waals surface area contributed by atoms with Gasteiger partial charge in [-0.2, -0.15) is 0 Å². The number of hydrogen-bond donors (Lipinski definition) is 3. The van der Waals surface area contributed by atoms with Crippen molar-refractivity contribution in [3.63, 3.8) is 0 Å². The van der Waals surface area contributed by atoms with Crippen molar-refractivity contribution in [3.8, 4) is 0 Å². The molecule has 1 aromatic carbocycles. The van der Waals surface area contributed by atoms with Crippen LogP contribution < -0.4 is 16.0 Å². The number of benzene rings is 1. The van der Waals surface area contributed by atoms with Crippen LogP contribution in [0, 0.1) is 0 Å². The van der Waals surface area contributed by atoms with Crippen molar-refractivity contribution in [2.75, 3.05) is 33.3 Å². The van der Waals surface area contributed by atoms with Gasteiger partial charge in [-0.1, -0.05) is 72.7 Å². The minimum atomic E-state index is -0.431. The van der Waals surface area contributed by atoms with Crippen molar-refractivity contribution in [3.05, 3.63) is 35.4 Å². The third-order valence-corrected chi connectivity index (χ3v) is 7.65. The van der Waals surface area contributed by atoms with Crippen LogP contribution in [0.2, 0.25) is 0 Å². The summed E-state index contributed by atoms with van der Waals surface area (Å²) in [7, 11) is 1.51. The van der Waals surface area contributed by atoms with Crippen LogP contribution in [0.1, 0.15) is 91.3 Å². The average Bonchev–Trinajstić information content (AvgIpc) is 2.85. The molecule has 5 atom stereocenters. The molecule has 3 N–H and O–H groups in total. The van der Waals surface area contributed by atoms with Crippen molar-refractivity contribution >= 4 is 5.97 Å². The smallest absolute Gasteiger partial charge is 0.327 e. The van der Waals surface area contributed by atoms with Gasteiger partial charge in [0.2, 0.25) is 0 Å². The van der Waals surface area contributed by atoms with Gasteiger partial charge < -0.3 is 20.7 Å². The number of carbonyl (C=O) groups is 1. The Morgan fingerprint density at radius 2 is 1.40 bits per heavy atom. The molecule has 1 unspecified atom stereocenters. The van der Waals surface area contributed by atoms with E-state index in [1.54, 1.807) is 0 Å². The van der Waals surface area contributed by atoms with E-state index in [0.29, 0.717) is 18.1 Å². The highest BCUT2D eigenvalue weighted by Gasteiger charge is 2.35. The zero-order valence-electron chi connectivity index (χ0n) is 23.6. The minimum Gasteiger partial charge on any atom is -0.468 e. The Hall–Kier alpha value is -1.47. The molecule has 1 heterocycles. The highest BCUT2D eigenvalue weighted by molar-refractivity contribution is 5.77. The monoisotopic (exact) mass is 488 g/mol. The van der Waals surface area contributed by atoms with Crippen molar-refractivity contribution in [1.29, 1.82) is 0 Å². The Labute approximate surface area is 215 Å². The lowest BCUT2D eigenvalue weighted by Gasteiger charge is -2.40. The van der Waals surface area contributed by atoms with Crippen LogP contribution in [0.3, 0.4) is 0 Å². The van der Waals surface area contributed by atoms with Gasteiger partial charge in [-0.3, -0.25) is 4.90 Å². The fraction of sp³-hybridized carbons (Fsp3) is 0.759. The highest BCUT2D eigenvalue weighted by atomic mass is 16.5. The molecule has 6 nitrogen and oxygen atoms in total.